The molecule has 0 aromatic carbocycles. The molecule has 0 aromatic rings. The van der Waals surface area contributed by atoms with Gasteiger partial charge in [-0.05, 0) is 18.8 Å². The van der Waals surface area contributed by atoms with Crippen molar-refractivity contribution < 1.29 is 15.3 Å². The Hall–Kier alpha value is -0.120. The minimum Gasteiger partial charge on any atom is -0.396 e. The molecule has 1 aliphatic carbocycles. The van der Waals surface area contributed by atoms with Gasteiger partial charge in [0.15, 0.2) is 0 Å². The Balaban J connectivity index is 2.52. The molecule has 0 aromatic heterocycles. The van der Waals surface area contributed by atoms with Crippen LogP contribution in [0.3, 0.4) is 0 Å². The molecular weight excluding hydrogens is 144 g/mol. The highest BCUT2D eigenvalue weighted by molar-refractivity contribution is 4.84. The minimum absolute atomic E-state index is 0.0229. The first-order valence-electron chi connectivity index (χ1n) is 4.13. The maximum atomic E-state index is 9.40. The van der Waals surface area contributed by atoms with Crippen molar-refractivity contribution in [1.29, 1.82) is 0 Å². The fraction of sp³-hybridized carbons (Fsp3) is 1.00. The normalized spacial score (nSPS) is 45.8. The summed E-state index contributed by atoms with van der Waals surface area (Å²) in [4.78, 5) is 0. The van der Waals surface area contributed by atoms with Crippen molar-refractivity contribution in [3.63, 3.8) is 0 Å². The number of hydrogen-bond donors (Lipinski definition) is 3. The third-order valence-electron chi connectivity index (χ3n) is 2.64. The van der Waals surface area contributed by atoms with Crippen molar-refractivity contribution in [2.45, 2.75) is 32.0 Å². The fourth-order valence-corrected chi connectivity index (χ4v) is 1.63. The van der Waals surface area contributed by atoms with E-state index in [9.17, 15) is 10.2 Å². The highest BCUT2D eigenvalue weighted by atomic mass is 16.3. The number of aliphatic hydroxyl groups is 3. The summed E-state index contributed by atoms with van der Waals surface area (Å²) in [6.45, 7) is 1.90. The van der Waals surface area contributed by atoms with Crippen LogP contribution in [-0.4, -0.2) is 34.1 Å². The zero-order chi connectivity index (χ0) is 8.43. The summed E-state index contributed by atoms with van der Waals surface area (Å²) >= 11 is 0. The van der Waals surface area contributed by atoms with Crippen LogP contribution in [0.5, 0.6) is 0 Å². The predicted octanol–water partition coefficient (Wildman–Crippen LogP) is -0.253. The van der Waals surface area contributed by atoms with Crippen LogP contribution in [0.4, 0.5) is 0 Å². The molecule has 0 spiro atoms. The summed E-state index contributed by atoms with van der Waals surface area (Å²) in [6, 6.07) is 0. The molecule has 0 amide bonds. The second-order valence-corrected chi connectivity index (χ2v) is 3.48. The van der Waals surface area contributed by atoms with Gasteiger partial charge < -0.3 is 15.3 Å². The summed E-state index contributed by atoms with van der Waals surface area (Å²) in [6.07, 6.45) is 0.323. The van der Waals surface area contributed by atoms with Gasteiger partial charge in [-0.1, -0.05) is 6.92 Å². The van der Waals surface area contributed by atoms with Crippen molar-refractivity contribution in [3.05, 3.63) is 0 Å². The number of rotatable bonds is 1. The van der Waals surface area contributed by atoms with E-state index >= 15 is 0 Å². The molecular formula is C8H16O3. The van der Waals surface area contributed by atoms with E-state index in [0.29, 0.717) is 0 Å². The van der Waals surface area contributed by atoms with E-state index in [-0.39, 0.29) is 18.4 Å². The lowest BCUT2D eigenvalue weighted by atomic mass is 9.79. The summed E-state index contributed by atoms with van der Waals surface area (Å²) in [5.74, 6) is 0.0361. The predicted molar refractivity (Wildman–Crippen MR) is 41.0 cm³/mol. The van der Waals surface area contributed by atoms with E-state index in [4.69, 9.17) is 5.11 Å². The molecule has 1 fully saturated rings. The largest absolute Gasteiger partial charge is 0.396 e. The first-order chi connectivity index (χ1) is 5.16. The van der Waals surface area contributed by atoms with Crippen molar-refractivity contribution >= 4 is 0 Å². The lowest BCUT2D eigenvalue weighted by Gasteiger charge is -2.34. The zero-order valence-corrected chi connectivity index (χ0v) is 6.77. The van der Waals surface area contributed by atoms with Gasteiger partial charge >= 0.3 is 0 Å². The Kier molecular flexibility index (Phi) is 2.87. The van der Waals surface area contributed by atoms with E-state index in [1.807, 2.05) is 6.92 Å². The molecule has 11 heavy (non-hydrogen) atoms. The van der Waals surface area contributed by atoms with Crippen LogP contribution in [0, 0.1) is 11.8 Å². The monoisotopic (exact) mass is 160 g/mol. The quantitative estimate of drug-likeness (QED) is 0.495. The van der Waals surface area contributed by atoms with Crippen molar-refractivity contribution in [2.75, 3.05) is 6.61 Å². The van der Waals surface area contributed by atoms with Crippen LogP contribution < -0.4 is 0 Å². The second kappa shape index (κ2) is 3.52. The van der Waals surface area contributed by atoms with Gasteiger partial charge in [0.25, 0.3) is 0 Å². The van der Waals surface area contributed by atoms with Gasteiger partial charge in [0.05, 0.1) is 12.2 Å². The molecule has 1 rings (SSSR count). The summed E-state index contributed by atoms with van der Waals surface area (Å²) in [5.41, 5.74) is 0. The van der Waals surface area contributed by atoms with Crippen molar-refractivity contribution in [2.24, 2.45) is 11.8 Å². The molecule has 4 unspecified atom stereocenters. The Bertz CT molecular complexity index is 125. The number of aliphatic hydroxyl groups excluding tert-OH is 3. The lowest BCUT2D eigenvalue weighted by Crippen LogP contribution is -2.43. The summed E-state index contributed by atoms with van der Waals surface area (Å²) < 4.78 is 0. The van der Waals surface area contributed by atoms with Gasteiger partial charge in [0.2, 0.25) is 0 Å². The fourth-order valence-electron chi connectivity index (χ4n) is 1.63. The maximum Gasteiger partial charge on any atom is 0.0851 e. The molecule has 66 valence electrons. The molecule has 3 nitrogen and oxygen atoms in total. The summed E-state index contributed by atoms with van der Waals surface area (Å²) in [7, 11) is 0. The van der Waals surface area contributed by atoms with Gasteiger partial charge in [-0.25, -0.2) is 0 Å². The lowest BCUT2D eigenvalue weighted by molar-refractivity contribution is -0.0835. The SMILES string of the molecule is CC1CCC(CO)C(O)C1O. The Morgan fingerprint density at radius 3 is 2.36 bits per heavy atom. The molecule has 1 aliphatic rings. The second-order valence-electron chi connectivity index (χ2n) is 3.48. The Morgan fingerprint density at radius 2 is 1.82 bits per heavy atom. The molecule has 0 radical (unpaired) electrons. The molecule has 3 heteroatoms. The molecule has 0 aliphatic heterocycles. The van der Waals surface area contributed by atoms with Gasteiger partial charge in [-0.3, -0.25) is 0 Å². The van der Waals surface area contributed by atoms with Gasteiger partial charge in [-0.2, -0.15) is 0 Å². The number of hydrogen-bond acceptors (Lipinski definition) is 3. The molecule has 0 saturated heterocycles. The topological polar surface area (TPSA) is 60.7 Å². The van der Waals surface area contributed by atoms with Crippen LogP contribution >= 0.6 is 0 Å². The third-order valence-corrected chi connectivity index (χ3v) is 2.64. The van der Waals surface area contributed by atoms with E-state index in [1.165, 1.54) is 0 Å². The molecule has 1 saturated carbocycles. The minimum atomic E-state index is -0.733. The zero-order valence-electron chi connectivity index (χ0n) is 6.77. The first kappa shape index (κ1) is 8.97. The average molecular weight is 160 g/mol. The summed E-state index contributed by atoms with van der Waals surface area (Å²) in [5, 5.41) is 27.6. The average Bonchev–Trinajstić information content (AvgIpc) is 2.01. The van der Waals surface area contributed by atoms with Gasteiger partial charge in [-0.15, -0.1) is 0 Å². The van der Waals surface area contributed by atoms with E-state index in [0.717, 1.165) is 12.8 Å². The smallest absolute Gasteiger partial charge is 0.0851 e. The van der Waals surface area contributed by atoms with Crippen LogP contribution in [0.15, 0.2) is 0 Å². The van der Waals surface area contributed by atoms with E-state index in [2.05, 4.69) is 0 Å². The van der Waals surface area contributed by atoms with Gasteiger partial charge in [0.1, 0.15) is 0 Å². The molecule has 4 atom stereocenters. The molecule has 0 heterocycles. The van der Waals surface area contributed by atoms with Crippen molar-refractivity contribution in [3.8, 4) is 0 Å². The Morgan fingerprint density at radius 1 is 1.18 bits per heavy atom. The third kappa shape index (κ3) is 1.72. The van der Waals surface area contributed by atoms with Gasteiger partial charge in [0, 0.05) is 12.5 Å². The highest BCUT2D eigenvalue weighted by Gasteiger charge is 2.34. The first-order valence-corrected chi connectivity index (χ1v) is 4.13. The van der Waals surface area contributed by atoms with Crippen molar-refractivity contribution in [1.82, 2.24) is 0 Å². The Labute approximate surface area is 66.7 Å². The van der Waals surface area contributed by atoms with Crippen LogP contribution in [0.2, 0.25) is 0 Å². The maximum absolute atomic E-state index is 9.40. The van der Waals surface area contributed by atoms with E-state index in [1.54, 1.807) is 0 Å². The molecule has 0 bridgehead atoms. The molecule has 3 N–H and O–H groups in total. The van der Waals surface area contributed by atoms with Crippen LogP contribution in [0.25, 0.3) is 0 Å². The van der Waals surface area contributed by atoms with Crippen LogP contribution in [-0.2, 0) is 0 Å². The standard InChI is InChI=1S/C8H16O3/c1-5-2-3-6(4-9)8(11)7(5)10/h5-11H,2-4H2,1H3. The highest BCUT2D eigenvalue weighted by Crippen LogP contribution is 2.28. The van der Waals surface area contributed by atoms with Crippen LogP contribution in [0.1, 0.15) is 19.8 Å². The van der Waals surface area contributed by atoms with E-state index < -0.39 is 12.2 Å².